The summed E-state index contributed by atoms with van der Waals surface area (Å²) in [5.41, 5.74) is -7.42. The van der Waals surface area contributed by atoms with E-state index in [0.717, 1.165) is 45.2 Å². The van der Waals surface area contributed by atoms with Gasteiger partial charge in [-0.25, -0.2) is 32.9 Å². The number of nitrogens with zero attached hydrogens (tertiary/aromatic N) is 5. The van der Waals surface area contributed by atoms with Crippen LogP contribution >= 0.6 is 23.5 Å². The van der Waals surface area contributed by atoms with Gasteiger partial charge in [0.1, 0.15) is 55.4 Å². The van der Waals surface area contributed by atoms with Crippen molar-refractivity contribution >= 4 is 31.8 Å². The number of hydrogen-bond donors (Lipinski definition) is 3. The Labute approximate surface area is 647 Å². The number of rotatable bonds is 39. The summed E-state index contributed by atoms with van der Waals surface area (Å²) < 4.78 is 347. The van der Waals surface area contributed by atoms with Gasteiger partial charge in [0.05, 0.1) is 58.0 Å². The molecular formula is C64H82F15N8O25P3Si. The molecule has 8 rings (SSSR count). The number of alkyl halides is 15. The molecule has 4 aromatic rings. The summed E-state index contributed by atoms with van der Waals surface area (Å²) >= 11 is 0. The van der Waals surface area contributed by atoms with Crippen molar-refractivity contribution in [3.8, 4) is 5.88 Å². The van der Waals surface area contributed by atoms with Crippen LogP contribution in [-0.4, -0.2) is 183 Å². The smallest absolute Gasteiger partial charge is 0.471 e. The summed E-state index contributed by atoms with van der Waals surface area (Å²) in [5.74, 6) is -50.0. The number of aromatic amines is 3. The summed E-state index contributed by atoms with van der Waals surface area (Å²) in [5, 5.41) is -0.391. The molecule has 15 atom stereocenters. The van der Waals surface area contributed by atoms with E-state index in [1.165, 1.54) is 40.0 Å². The number of ether oxygens (including phenoxy) is 5. The summed E-state index contributed by atoms with van der Waals surface area (Å²) in [6, 6.07) is 0. The Hall–Kier alpha value is -6.76. The number of nitrogens with one attached hydrogen (secondary N) is 3. The highest BCUT2D eigenvalue weighted by Crippen LogP contribution is 2.64. The Bertz CT molecular complexity index is 4840. The van der Waals surface area contributed by atoms with Crippen LogP contribution in [0.25, 0.3) is 0 Å². The van der Waals surface area contributed by atoms with Gasteiger partial charge in [0.15, 0.2) is 14.9 Å². The number of H-pyrrole nitrogens is 3. The zero-order valence-electron chi connectivity index (χ0n) is 63.0. The van der Waals surface area contributed by atoms with Crippen LogP contribution in [0.1, 0.15) is 107 Å². The van der Waals surface area contributed by atoms with Crippen molar-refractivity contribution in [1.82, 2.24) is 38.2 Å². The van der Waals surface area contributed by atoms with Gasteiger partial charge >= 0.3 is 87.9 Å². The highest BCUT2D eigenvalue weighted by atomic mass is 31.2. The van der Waals surface area contributed by atoms with Crippen LogP contribution in [0.5, 0.6) is 5.88 Å². The van der Waals surface area contributed by atoms with E-state index in [0.29, 0.717) is 10.8 Å². The predicted octanol–water partition coefficient (Wildman–Crippen LogP) is 11.0. The number of hydrogen-bond acceptors (Lipinski definition) is 26. The van der Waals surface area contributed by atoms with Crippen molar-refractivity contribution in [3.05, 3.63) is 158 Å². The maximum absolute atomic E-state index is 15.4. The average molecular weight is 1770 g/mol. The van der Waals surface area contributed by atoms with Crippen LogP contribution in [-0.2, 0) is 77.8 Å². The van der Waals surface area contributed by atoms with Crippen LogP contribution in [0.4, 0.5) is 65.9 Å². The molecule has 0 aliphatic carbocycles. The maximum atomic E-state index is 15.4. The van der Waals surface area contributed by atoms with Gasteiger partial charge in [-0.05, 0) is 52.2 Å². The number of aromatic nitrogens is 8. The third-order valence-corrected chi connectivity index (χ3v) is 27.8. The molecule has 0 bridgehead atoms. The largest absolute Gasteiger partial charge is 0.475 e. The zero-order chi connectivity index (χ0) is 87.0. The summed E-state index contributed by atoms with van der Waals surface area (Å²) in [6.07, 6.45) is -19.3. The first-order valence-electron chi connectivity index (χ1n) is 34.8. The topological polar surface area (TPSA) is 389 Å². The Kier molecular flexibility index (Phi) is 29.0. The number of aryl methyl sites for hydroxylation is 4. The number of phosphoric ester groups is 3. The predicted molar refractivity (Wildman–Crippen MR) is 373 cm³/mol. The quantitative estimate of drug-likeness (QED) is 0.0162. The van der Waals surface area contributed by atoms with Gasteiger partial charge in [0.2, 0.25) is 5.88 Å². The standard InChI is InChI=1S/C64H82F15N8O25P3Si/c1-14-18-99-113(95,109-38-21-45(105-37(38)17-4)87-28-36(8)52(83-56(87)94)98-32-58(65,66)59(67,68)60(69,70)61(71,72)62(73,74)63(75,76)64(77,78)79)102-29-42-39(22-46(106-42)84-25-33(5)49(88)80-53(84)91)110-114(96,100-19-15-2)103-30-43-40(23-47(107-43)85-26-34(6)50(89)81-54(85)92)111-115(97,101-20-16-3)104-31-44-41(112-116(12,13)57(9,10)11)24-48(108-44)86-27-35(7)51(90)82-55(86)93/h14-16,25-28,37-48H,1-3,17-24,29-32H2,4-13H3,(H,80,88,91)(H,81,89,92)(H,82,90,93). The van der Waals surface area contributed by atoms with E-state index in [9.17, 15) is 104 Å². The fraction of sp³-hybridized carbons (Fsp3) is 0.656. The van der Waals surface area contributed by atoms with E-state index in [1.54, 1.807) is 0 Å². The van der Waals surface area contributed by atoms with Crippen molar-refractivity contribution < 1.29 is 148 Å². The Balaban J connectivity index is 1.04. The van der Waals surface area contributed by atoms with Crippen molar-refractivity contribution in [2.75, 3.05) is 46.2 Å². The second-order valence-corrected chi connectivity index (χ2v) is 38.0. The Morgan fingerprint density at radius 3 is 1.13 bits per heavy atom. The highest BCUT2D eigenvalue weighted by Gasteiger charge is 2.93. The first-order chi connectivity index (χ1) is 53.4. The average Bonchev–Trinajstić information content (AvgIpc) is 0.917. The molecule has 0 spiro atoms. The van der Waals surface area contributed by atoms with Gasteiger partial charge in [-0.3, -0.25) is 88.3 Å². The molecule has 116 heavy (non-hydrogen) atoms. The SMILES string of the molecule is C=CCOP(=O)(OCC1OC(n2cc(C)c(=O)[nH]c2=O)CC1OP(=O)(OCC=C)OCC1OC(n2cc(C)c(=O)[nH]c2=O)CC1OP(=O)(OCC=C)OCC1OC(n2cc(C)c(=O)[nH]c2=O)CC1O[Si](C)(C)C(C)(C)C)OC1CC(n2cc(C)c(OCC(F)(F)C(F)(F)C(F)(F)C(F)(F)C(F)(F)C(F)(F)C(F)(F)F)nc2=O)OC1CC. The monoisotopic (exact) mass is 1770 g/mol. The molecule has 4 aromatic heterocycles. The molecule has 0 saturated carbocycles. The van der Waals surface area contributed by atoms with E-state index in [-0.39, 0.29) is 29.5 Å². The van der Waals surface area contributed by atoms with Crippen LogP contribution in [0.3, 0.4) is 0 Å². The summed E-state index contributed by atoms with van der Waals surface area (Å²) in [6.45, 7) is 19.1. The minimum atomic E-state index is -8.58. The van der Waals surface area contributed by atoms with Gasteiger partial charge in [-0.2, -0.15) is 70.8 Å². The lowest BCUT2D eigenvalue weighted by atomic mass is 9.91. The lowest BCUT2D eigenvalue weighted by Gasteiger charge is -2.41. The molecular weight excluding hydrogens is 1690 g/mol. The molecule has 52 heteroatoms. The Morgan fingerprint density at radius 2 is 0.784 bits per heavy atom. The third-order valence-electron chi connectivity index (χ3n) is 19.0. The first kappa shape index (κ1) is 94.7. The van der Waals surface area contributed by atoms with Crippen LogP contribution in [0, 0.1) is 27.7 Å². The molecule has 0 radical (unpaired) electrons. The van der Waals surface area contributed by atoms with Crippen LogP contribution in [0.15, 0.2) is 96.3 Å². The minimum Gasteiger partial charge on any atom is -0.471 e. The van der Waals surface area contributed by atoms with Gasteiger partial charge in [-0.1, -0.05) is 45.9 Å². The van der Waals surface area contributed by atoms with Gasteiger partial charge < -0.3 is 28.1 Å². The molecule has 15 unspecified atom stereocenters. The van der Waals surface area contributed by atoms with E-state index in [2.05, 4.69) is 44.4 Å². The maximum Gasteiger partial charge on any atom is 0.475 e. The molecule has 4 aliphatic rings. The first-order valence-corrected chi connectivity index (χ1v) is 42.1. The molecule has 4 fully saturated rings. The molecule has 0 aromatic carbocycles. The number of phosphoric acid groups is 3. The van der Waals surface area contributed by atoms with E-state index in [4.69, 9.17) is 64.1 Å². The lowest BCUT2D eigenvalue weighted by molar-refractivity contribution is -0.453. The van der Waals surface area contributed by atoms with Gasteiger partial charge in [0.25, 0.3) is 16.7 Å². The normalized spacial score (nSPS) is 25.1. The molecule has 33 nitrogen and oxygen atoms in total. The summed E-state index contributed by atoms with van der Waals surface area (Å²) in [7, 11) is -18.2. The van der Waals surface area contributed by atoms with Crippen LogP contribution < -0.4 is 44.2 Å². The number of halogens is 15. The fourth-order valence-electron chi connectivity index (χ4n) is 11.6. The fourth-order valence-corrected chi connectivity index (χ4v) is 17.0. The van der Waals surface area contributed by atoms with E-state index in [1.807, 2.05) is 33.9 Å². The summed E-state index contributed by atoms with van der Waals surface area (Å²) in [4.78, 5) is 101. The lowest BCUT2D eigenvalue weighted by Crippen LogP contribution is -2.73. The molecule has 3 N–H and O–H groups in total. The van der Waals surface area contributed by atoms with Crippen LogP contribution in [0.2, 0.25) is 18.1 Å². The molecule has 4 aliphatic heterocycles. The molecule has 0 amide bonds. The third kappa shape index (κ3) is 20.1. The Morgan fingerprint density at radius 1 is 0.474 bits per heavy atom. The second-order valence-electron chi connectivity index (χ2n) is 28.4. The van der Waals surface area contributed by atoms with Gasteiger partial charge in [0, 0.05) is 72.7 Å². The second kappa shape index (κ2) is 35.5. The van der Waals surface area contributed by atoms with Crippen molar-refractivity contribution in [2.24, 2.45) is 0 Å². The highest BCUT2D eigenvalue weighted by molar-refractivity contribution is 7.49. The molecule has 8 heterocycles. The molecule has 4 saturated heterocycles. The van der Waals surface area contributed by atoms with E-state index < -0.39 is 269 Å². The minimum absolute atomic E-state index is 0.00518. The van der Waals surface area contributed by atoms with Crippen molar-refractivity contribution in [1.29, 1.82) is 0 Å². The zero-order valence-corrected chi connectivity index (χ0v) is 66.7. The van der Waals surface area contributed by atoms with Gasteiger partial charge in [-0.15, -0.1) is 19.7 Å². The van der Waals surface area contributed by atoms with E-state index >= 15 is 9.13 Å². The van der Waals surface area contributed by atoms with Crippen molar-refractivity contribution in [3.63, 3.8) is 0 Å². The van der Waals surface area contributed by atoms with Crippen molar-refractivity contribution in [2.45, 2.75) is 221 Å². The molecule has 652 valence electrons.